The number of aromatic nitrogens is 2. The lowest BCUT2D eigenvalue weighted by molar-refractivity contribution is -0.120. The molecule has 0 fully saturated rings. The number of carbonyl (C=O) groups excluding carboxylic acids is 1. The van der Waals surface area contributed by atoms with Crippen molar-refractivity contribution in [2.75, 3.05) is 18.4 Å². The summed E-state index contributed by atoms with van der Waals surface area (Å²) in [5, 5.41) is 6.28. The second kappa shape index (κ2) is 7.06. The summed E-state index contributed by atoms with van der Waals surface area (Å²) in [4.78, 5) is 19.1. The van der Waals surface area contributed by atoms with Crippen molar-refractivity contribution in [2.24, 2.45) is 5.92 Å². The Kier molecular flexibility index (Phi) is 5.69. The van der Waals surface area contributed by atoms with Gasteiger partial charge in [-0.2, -0.15) is 0 Å². The highest BCUT2D eigenvalue weighted by molar-refractivity contribution is 6.32. The van der Waals surface area contributed by atoms with Crippen LogP contribution in [0.2, 0.25) is 5.02 Å². The molecule has 1 aromatic heterocycles. The maximum Gasteiger partial charge on any atom is 0.221 e. The number of nitrogens with zero attached hydrogens (tertiary/aromatic N) is 2. The zero-order chi connectivity index (χ0) is 12.7. The average Bonchev–Trinajstić information content (AvgIpc) is 2.29. The second-order valence-corrected chi connectivity index (χ2v) is 4.50. The molecule has 1 aromatic rings. The molecule has 2 N–H and O–H groups in total. The molecule has 0 aliphatic carbocycles. The van der Waals surface area contributed by atoms with Crippen molar-refractivity contribution >= 4 is 23.3 Å². The number of hydrogen-bond donors (Lipinski definition) is 2. The summed E-state index contributed by atoms with van der Waals surface area (Å²) in [5.74, 6) is 1.04. The Morgan fingerprint density at radius 3 is 2.94 bits per heavy atom. The minimum Gasteiger partial charge on any atom is -0.368 e. The monoisotopic (exact) mass is 256 g/mol. The van der Waals surface area contributed by atoms with Gasteiger partial charge in [0.2, 0.25) is 5.91 Å². The number of anilines is 1. The van der Waals surface area contributed by atoms with Crippen molar-refractivity contribution in [1.29, 1.82) is 0 Å². The molecule has 17 heavy (non-hydrogen) atoms. The summed E-state index contributed by atoms with van der Waals surface area (Å²) in [7, 11) is 0. The first kappa shape index (κ1) is 13.7. The average molecular weight is 257 g/mol. The van der Waals surface area contributed by atoms with E-state index in [0.29, 0.717) is 36.3 Å². The van der Waals surface area contributed by atoms with E-state index >= 15 is 0 Å². The summed E-state index contributed by atoms with van der Waals surface area (Å²) in [6.45, 7) is 5.31. The topological polar surface area (TPSA) is 66.9 Å². The molecule has 0 aliphatic rings. The molecule has 6 heteroatoms. The quantitative estimate of drug-likeness (QED) is 0.813. The molecular weight excluding hydrogens is 240 g/mol. The Morgan fingerprint density at radius 2 is 2.29 bits per heavy atom. The number of rotatable bonds is 6. The van der Waals surface area contributed by atoms with Crippen LogP contribution in [0.5, 0.6) is 0 Å². The van der Waals surface area contributed by atoms with Crippen LogP contribution >= 0.6 is 11.6 Å². The van der Waals surface area contributed by atoms with Crippen molar-refractivity contribution < 1.29 is 4.79 Å². The molecular formula is C11H17ClN4O. The van der Waals surface area contributed by atoms with Crippen LogP contribution in [0.3, 0.4) is 0 Å². The standard InChI is InChI=1S/C11H17ClN4O/c1-8(2)5-15-10(17)3-4-14-11-9(12)6-13-7-16-11/h6-8H,3-5H2,1-2H3,(H,15,17)(H,13,14,16). The third-order valence-corrected chi connectivity index (χ3v) is 2.30. The highest BCUT2D eigenvalue weighted by Crippen LogP contribution is 2.15. The zero-order valence-corrected chi connectivity index (χ0v) is 10.8. The van der Waals surface area contributed by atoms with Gasteiger partial charge in [0.15, 0.2) is 0 Å². The maximum atomic E-state index is 11.4. The Bertz CT molecular complexity index is 370. The van der Waals surface area contributed by atoms with E-state index in [1.165, 1.54) is 12.5 Å². The van der Waals surface area contributed by atoms with Gasteiger partial charge in [0.1, 0.15) is 17.2 Å². The fourth-order valence-corrected chi connectivity index (χ4v) is 1.32. The van der Waals surface area contributed by atoms with Gasteiger partial charge < -0.3 is 10.6 Å². The van der Waals surface area contributed by atoms with Gasteiger partial charge >= 0.3 is 0 Å². The van der Waals surface area contributed by atoms with Crippen molar-refractivity contribution in [2.45, 2.75) is 20.3 Å². The lowest BCUT2D eigenvalue weighted by atomic mass is 10.2. The Balaban J connectivity index is 2.24. The minimum absolute atomic E-state index is 0.0244. The van der Waals surface area contributed by atoms with Gasteiger partial charge in [-0.05, 0) is 5.92 Å². The molecule has 5 nitrogen and oxygen atoms in total. The first-order valence-corrected chi connectivity index (χ1v) is 5.93. The molecule has 0 aromatic carbocycles. The zero-order valence-electron chi connectivity index (χ0n) is 10.0. The van der Waals surface area contributed by atoms with E-state index in [1.807, 2.05) is 0 Å². The van der Waals surface area contributed by atoms with Crippen molar-refractivity contribution in [3.63, 3.8) is 0 Å². The van der Waals surface area contributed by atoms with Crippen LogP contribution in [0.1, 0.15) is 20.3 Å². The lowest BCUT2D eigenvalue weighted by Crippen LogP contribution is -2.28. The Labute approximate surface area is 106 Å². The predicted octanol–water partition coefficient (Wildman–Crippen LogP) is 1.70. The van der Waals surface area contributed by atoms with Crippen molar-refractivity contribution in [1.82, 2.24) is 15.3 Å². The fraction of sp³-hybridized carbons (Fsp3) is 0.545. The van der Waals surface area contributed by atoms with Crippen molar-refractivity contribution in [3.8, 4) is 0 Å². The van der Waals surface area contributed by atoms with E-state index in [0.717, 1.165) is 0 Å². The van der Waals surface area contributed by atoms with E-state index in [2.05, 4.69) is 34.4 Å². The van der Waals surface area contributed by atoms with Crippen LogP contribution in [-0.2, 0) is 4.79 Å². The Hall–Kier alpha value is -1.36. The molecule has 1 heterocycles. The maximum absolute atomic E-state index is 11.4. The van der Waals surface area contributed by atoms with Gasteiger partial charge in [-0.25, -0.2) is 9.97 Å². The fourth-order valence-electron chi connectivity index (χ4n) is 1.14. The SMILES string of the molecule is CC(C)CNC(=O)CCNc1ncncc1Cl. The molecule has 0 saturated heterocycles. The molecule has 0 atom stereocenters. The van der Waals surface area contributed by atoms with Crippen LogP contribution in [0.15, 0.2) is 12.5 Å². The molecule has 94 valence electrons. The number of amides is 1. The number of hydrogen-bond acceptors (Lipinski definition) is 4. The van der Waals surface area contributed by atoms with Gasteiger partial charge in [0.25, 0.3) is 0 Å². The number of halogens is 1. The molecule has 1 amide bonds. The lowest BCUT2D eigenvalue weighted by Gasteiger charge is -2.08. The predicted molar refractivity (Wildman–Crippen MR) is 68.0 cm³/mol. The normalized spacial score (nSPS) is 10.4. The molecule has 0 aliphatic heterocycles. The first-order valence-electron chi connectivity index (χ1n) is 5.55. The van der Waals surface area contributed by atoms with Crippen LogP contribution in [-0.4, -0.2) is 29.0 Å². The smallest absolute Gasteiger partial charge is 0.221 e. The molecule has 0 saturated carbocycles. The summed E-state index contributed by atoms with van der Waals surface area (Å²) < 4.78 is 0. The third-order valence-electron chi connectivity index (χ3n) is 2.02. The van der Waals surface area contributed by atoms with E-state index in [1.54, 1.807) is 0 Å². The highest BCUT2D eigenvalue weighted by Gasteiger charge is 2.04. The summed E-state index contributed by atoms with van der Waals surface area (Å²) in [6, 6.07) is 0. The van der Waals surface area contributed by atoms with Gasteiger partial charge in [-0.1, -0.05) is 25.4 Å². The Morgan fingerprint density at radius 1 is 1.53 bits per heavy atom. The summed E-state index contributed by atoms with van der Waals surface area (Å²) >= 11 is 5.85. The minimum atomic E-state index is 0.0244. The van der Waals surface area contributed by atoms with E-state index in [-0.39, 0.29) is 5.91 Å². The van der Waals surface area contributed by atoms with Gasteiger partial charge in [-0.15, -0.1) is 0 Å². The number of carbonyl (C=O) groups is 1. The molecule has 1 rings (SSSR count). The third kappa shape index (κ3) is 5.49. The molecule has 0 unspecified atom stereocenters. The van der Waals surface area contributed by atoms with Crippen LogP contribution in [0, 0.1) is 5.92 Å². The number of nitrogens with one attached hydrogen (secondary N) is 2. The van der Waals surface area contributed by atoms with Gasteiger partial charge in [0, 0.05) is 19.5 Å². The second-order valence-electron chi connectivity index (χ2n) is 4.09. The molecule has 0 radical (unpaired) electrons. The summed E-state index contributed by atoms with van der Waals surface area (Å²) in [6.07, 6.45) is 3.32. The highest BCUT2D eigenvalue weighted by atomic mass is 35.5. The van der Waals surface area contributed by atoms with E-state index in [9.17, 15) is 4.79 Å². The van der Waals surface area contributed by atoms with Crippen LogP contribution in [0.4, 0.5) is 5.82 Å². The largest absolute Gasteiger partial charge is 0.368 e. The van der Waals surface area contributed by atoms with Crippen LogP contribution in [0.25, 0.3) is 0 Å². The van der Waals surface area contributed by atoms with E-state index in [4.69, 9.17) is 11.6 Å². The van der Waals surface area contributed by atoms with Gasteiger partial charge in [-0.3, -0.25) is 4.79 Å². The molecule has 0 spiro atoms. The van der Waals surface area contributed by atoms with Crippen LogP contribution < -0.4 is 10.6 Å². The van der Waals surface area contributed by atoms with Gasteiger partial charge in [0.05, 0.1) is 6.20 Å². The van der Waals surface area contributed by atoms with E-state index < -0.39 is 0 Å². The first-order chi connectivity index (χ1) is 8.09. The molecule has 0 bridgehead atoms. The summed E-state index contributed by atoms with van der Waals surface area (Å²) in [5.41, 5.74) is 0. The van der Waals surface area contributed by atoms with Crippen molar-refractivity contribution in [3.05, 3.63) is 17.5 Å².